The van der Waals surface area contributed by atoms with Crippen molar-refractivity contribution in [1.29, 1.82) is 0 Å². The molecule has 1 unspecified atom stereocenters. The van der Waals surface area contributed by atoms with E-state index >= 15 is 0 Å². The van der Waals surface area contributed by atoms with Gasteiger partial charge < -0.3 is 15.8 Å². The first kappa shape index (κ1) is 15.0. The smallest absolute Gasteiger partial charge is 0.158 e. The number of nitrogens with zero attached hydrogens (tertiary/aromatic N) is 2. The van der Waals surface area contributed by atoms with Gasteiger partial charge >= 0.3 is 0 Å². The van der Waals surface area contributed by atoms with Crippen molar-refractivity contribution in [2.75, 3.05) is 29.2 Å². The van der Waals surface area contributed by atoms with Crippen molar-refractivity contribution in [1.82, 2.24) is 9.97 Å². The van der Waals surface area contributed by atoms with Crippen LogP contribution in [0.2, 0.25) is 0 Å². The first-order valence-electron chi connectivity index (χ1n) is 6.21. The molecule has 0 aromatic carbocycles. The fourth-order valence-electron chi connectivity index (χ4n) is 1.44. The van der Waals surface area contributed by atoms with Gasteiger partial charge in [0, 0.05) is 24.5 Å². The molecule has 0 spiro atoms. The Bertz CT molecular complexity index is 362. The SMILES string of the molecule is CCOCc1nc(N)cc(NC(C)CSCC)n1. The summed E-state index contributed by atoms with van der Waals surface area (Å²) in [5.41, 5.74) is 5.76. The van der Waals surface area contributed by atoms with Crippen molar-refractivity contribution in [3.63, 3.8) is 0 Å². The van der Waals surface area contributed by atoms with Crippen molar-refractivity contribution >= 4 is 23.4 Å². The van der Waals surface area contributed by atoms with E-state index in [1.54, 1.807) is 6.07 Å². The lowest BCUT2D eigenvalue weighted by Gasteiger charge is -2.14. The fourth-order valence-corrected chi connectivity index (χ4v) is 2.11. The highest BCUT2D eigenvalue weighted by Crippen LogP contribution is 2.12. The Morgan fingerprint density at radius 1 is 1.44 bits per heavy atom. The van der Waals surface area contributed by atoms with Crippen molar-refractivity contribution in [2.45, 2.75) is 33.4 Å². The number of anilines is 2. The Labute approximate surface area is 113 Å². The molecule has 0 aliphatic heterocycles. The number of ether oxygens (including phenoxy) is 1. The summed E-state index contributed by atoms with van der Waals surface area (Å²) in [6.07, 6.45) is 0. The highest BCUT2D eigenvalue weighted by atomic mass is 32.2. The number of hydrogen-bond donors (Lipinski definition) is 2. The van der Waals surface area contributed by atoms with Crippen LogP contribution in [0.25, 0.3) is 0 Å². The van der Waals surface area contributed by atoms with Gasteiger partial charge in [-0.2, -0.15) is 11.8 Å². The van der Waals surface area contributed by atoms with Crippen LogP contribution in [-0.2, 0) is 11.3 Å². The summed E-state index contributed by atoms with van der Waals surface area (Å²) in [5, 5.41) is 3.33. The second kappa shape index (κ2) is 8.16. The standard InChI is InChI=1S/C12H22N4OS/c1-4-17-7-12-15-10(13)6-11(16-12)14-9(3)8-18-5-2/h6,9H,4-5,7-8H2,1-3H3,(H3,13,14,15,16). The molecule has 6 heteroatoms. The number of thioether (sulfide) groups is 1. The minimum atomic E-state index is 0.351. The molecule has 0 amide bonds. The number of rotatable bonds is 8. The van der Waals surface area contributed by atoms with E-state index in [2.05, 4.69) is 29.1 Å². The first-order chi connectivity index (χ1) is 8.65. The maximum Gasteiger partial charge on any atom is 0.158 e. The number of nitrogens with two attached hydrogens (primary N) is 1. The summed E-state index contributed by atoms with van der Waals surface area (Å²) >= 11 is 1.90. The van der Waals surface area contributed by atoms with Crippen LogP contribution >= 0.6 is 11.8 Å². The van der Waals surface area contributed by atoms with Crippen molar-refractivity contribution in [2.24, 2.45) is 0 Å². The molecule has 0 aliphatic rings. The van der Waals surface area contributed by atoms with Crippen LogP contribution in [0, 0.1) is 0 Å². The minimum Gasteiger partial charge on any atom is -0.384 e. The molecule has 1 rings (SSSR count). The van der Waals surface area contributed by atoms with Gasteiger partial charge in [-0.3, -0.25) is 0 Å². The van der Waals surface area contributed by atoms with Crippen LogP contribution in [0.3, 0.4) is 0 Å². The van der Waals surface area contributed by atoms with Gasteiger partial charge in [-0.1, -0.05) is 6.92 Å². The van der Waals surface area contributed by atoms with Gasteiger partial charge in [-0.25, -0.2) is 9.97 Å². The van der Waals surface area contributed by atoms with Crippen molar-refractivity contribution in [3.05, 3.63) is 11.9 Å². The lowest BCUT2D eigenvalue weighted by atomic mass is 10.4. The minimum absolute atomic E-state index is 0.351. The van der Waals surface area contributed by atoms with Crippen LogP contribution < -0.4 is 11.1 Å². The molecular weight excluding hydrogens is 248 g/mol. The molecule has 0 saturated carbocycles. The number of aromatic nitrogens is 2. The van der Waals surface area contributed by atoms with Gasteiger partial charge in [-0.05, 0) is 19.6 Å². The van der Waals surface area contributed by atoms with E-state index in [-0.39, 0.29) is 0 Å². The Balaban J connectivity index is 2.61. The molecule has 0 saturated heterocycles. The predicted octanol–water partition coefficient (Wildman–Crippen LogP) is 2.15. The van der Waals surface area contributed by atoms with Crippen LogP contribution in [0.4, 0.5) is 11.6 Å². The summed E-state index contributed by atoms with van der Waals surface area (Å²) in [4.78, 5) is 8.52. The Kier molecular flexibility index (Phi) is 6.82. The third-order valence-electron chi connectivity index (χ3n) is 2.19. The molecule has 1 atom stereocenters. The lowest BCUT2D eigenvalue weighted by Crippen LogP contribution is -2.19. The maximum atomic E-state index is 5.76. The molecule has 0 aliphatic carbocycles. The van der Waals surface area contributed by atoms with Crippen LogP contribution in [0.15, 0.2) is 6.07 Å². The van der Waals surface area contributed by atoms with Gasteiger partial charge in [0.2, 0.25) is 0 Å². The molecule has 3 N–H and O–H groups in total. The van der Waals surface area contributed by atoms with Crippen molar-refractivity contribution in [3.8, 4) is 0 Å². The summed E-state index contributed by atoms with van der Waals surface area (Å²) in [7, 11) is 0. The normalized spacial score (nSPS) is 12.4. The highest BCUT2D eigenvalue weighted by Gasteiger charge is 2.06. The van der Waals surface area contributed by atoms with E-state index in [9.17, 15) is 0 Å². The van der Waals surface area contributed by atoms with E-state index in [0.717, 1.165) is 17.3 Å². The zero-order chi connectivity index (χ0) is 13.4. The Hall–Kier alpha value is -1.01. The predicted molar refractivity (Wildman–Crippen MR) is 77.9 cm³/mol. The molecular formula is C12H22N4OS. The van der Waals surface area contributed by atoms with Gasteiger partial charge in [0.1, 0.15) is 18.2 Å². The van der Waals surface area contributed by atoms with Gasteiger partial charge in [-0.15, -0.1) is 0 Å². The second-order valence-electron chi connectivity index (χ2n) is 3.94. The van der Waals surface area contributed by atoms with Crippen LogP contribution in [0.5, 0.6) is 0 Å². The zero-order valence-electron chi connectivity index (χ0n) is 11.3. The van der Waals surface area contributed by atoms with Gasteiger partial charge in [0.25, 0.3) is 0 Å². The zero-order valence-corrected chi connectivity index (χ0v) is 12.1. The van der Waals surface area contributed by atoms with Crippen LogP contribution in [-0.4, -0.2) is 34.1 Å². The Morgan fingerprint density at radius 3 is 2.89 bits per heavy atom. The molecule has 1 aromatic rings. The van der Waals surface area contributed by atoms with E-state index in [4.69, 9.17) is 10.5 Å². The van der Waals surface area contributed by atoms with Crippen LogP contribution in [0.1, 0.15) is 26.6 Å². The van der Waals surface area contributed by atoms with Crippen molar-refractivity contribution < 1.29 is 4.74 Å². The summed E-state index contributed by atoms with van der Waals surface area (Å²) in [6.45, 7) is 7.26. The molecule has 0 fully saturated rings. The number of nitrogens with one attached hydrogen (secondary N) is 1. The summed E-state index contributed by atoms with van der Waals surface area (Å²) in [5.74, 6) is 4.02. The molecule has 1 heterocycles. The largest absolute Gasteiger partial charge is 0.384 e. The molecule has 0 radical (unpaired) electrons. The highest BCUT2D eigenvalue weighted by molar-refractivity contribution is 7.99. The average Bonchev–Trinajstić information content (AvgIpc) is 2.33. The quantitative estimate of drug-likeness (QED) is 0.754. The number of nitrogen functional groups attached to an aromatic ring is 1. The molecule has 1 aromatic heterocycles. The first-order valence-corrected chi connectivity index (χ1v) is 7.36. The Morgan fingerprint density at radius 2 is 2.22 bits per heavy atom. The molecule has 18 heavy (non-hydrogen) atoms. The third-order valence-corrected chi connectivity index (χ3v) is 3.34. The topological polar surface area (TPSA) is 73.1 Å². The molecule has 102 valence electrons. The van der Waals surface area contributed by atoms with E-state index in [1.165, 1.54) is 0 Å². The molecule has 0 bridgehead atoms. The van der Waals surface area contributed by atoms with E-state index < -0.39 is 0 Å². The van der Waals surface area contributed by atoms with E-state index in [1.807, 2.05) is 18.7 Å². The van der Waals surface area contributed by atoms with Gasteiger partial charge in [0.05, 0.1) is 0 Å². The summed E-state index contributed by atoms with van der Waals surface area (Å²) in [6, 6.07) is 2.10. The van der Waals surface area contributed by atoms with E-state index in [0.29, 0.717) is 30.9 Å². The average molecular weight is 270 g/mol. The third kappa shape index (κ3) is 5.55. The monoisotopic (exact) mass is 270 g/mol. The lowest BCUT2D eigenvalue weighted by molar-refractivity contribution is 0.128. The second-order valence-corrected chi connectivity index (χ2v) is 5.26. The fraction of sp³-hybridized carbons (Fsp3) is 0.667. The molecule has 5 nitrogen and oxygen atoms in total. The number of hydrogen-bond acceptors (Lipinski definition) is 6. The maximum absolute atomic E-state index is 5.76. The van der Waals surface area contributed by atoms with Gasteiger partial charge in [0.15, 0.2) is 5.82 Å². The summed E-state index contributed by atoms with van der Waals surface area (Å²) < 4.78 is 5.29.